The SMILES string of the molecule is Cc1ccc(SOCCc2ccc(Oc3ccc(Cl)cc3)c(F)c2)cc1. The molecule has 2 nitrogen and oxygen atoms in total. The first-order chi connectivity index (χ1) is 12.6. The third-order valence-corrected chi connectivity index (χ3v) is 4.69. The Morgan fingerprint density at radius 2 is 1.69 bits per heavy atom. The predicted octanol–water partition coefficient (Wildman–Crippen LogP) is 6.85. The minimum Gasteiger partial charge on any atom is -0.454 e. The van der Waals surface area contributed by atoms with Gasteiger partial charge in [-0.05, 0) is 67.4 Å². The highest BCUT2D eigenvalue weighted by molar-refractivity contribution is 7.94. The Labute approximate surface area is 162 Å². The molecule has 0 aromatic heterocycles. The van der Waals surface area contributed by atoms with Crippen molar-refractivity contribution in [3.8, 4) is 11.5 Å². The van der Waals surface area contributed by atoms with E-state index in [9.17, 15) is 4.39 Å². The quantitative estimate of drug-likeness (QED) is 0.326. The number of benzene rings is 3. The van der Waals surface area contributed by atoms with Crippen LogP contribution in [0, 0.1) is 12.7 Å². The number of hydrogen-bond acceptors (Lipinski definition) is 3. The van der Waals surface area contributed by atoms with Crippen LogP contribution in [0.25, 0.3) is 0 Å². The van der Waals surface area contributed by atoms with Crippen molar-refractivity contribution in [1.29, 1.82) is 0 Å². The van der Waals surface area contributed by atoms with E-state index in [0.29, 0.717) is 23.8 Å². The zero-order valence-electron chi connectivity index (χ0n) is 14.2. The summed E-state index contributed by atoms with van der Waals surface area (Å²) >= 11 is 7.16. The second kappa shape index (κ2) is 9.08. The molecule has 0 spiro atoms. The van der Waals surface area contributed by atoms with Gasteiger partial charge in [0, 0.05) is 22.0 Å². The summed E-state index contributed by atoms with van der Waals surface area (Å²) in [6.45, 7) is 2.54. The fourth-order valence-corrected chi connectivity index (χ4v) is 2.95. The summed E-state index contributed by atoms with van der Waals surface area (Å²) in [5, 5.41) is 0.608. The minimum atomic E-state index is -0.399. The van der Waals surface area contributed by atoms with Gasteiger partial charge in [-0.25, -0.2) is 4.39 Å². The van der Waals surface area contributed by atoms with Crippen LogP contribution in [0.5, 0.6) is 11.5 Å². The first-order valence-electron chi connectivity index (χ1n) is 8.18. The van der Waals surface area contributed by atoms with Crippen LogP contribution in [-0.4, -0.2) is 6.61 Å². The van der Waals surface area contributed by atoms with E-state index < -0.39 is 5.82 Å². The van der Waals surface area contributed by atoms with Gasteiger partial charge < -0.3 is 8.92 Å². The molecule has 0 bridgehead atoms. The van der Waals surface area contributed by atoms with Crippen molar-refractivity contribution in [2.45, 2.75) is 18.2 Å². The van der Waals surface area contributed by atoms with Crippen LogP contribution in [0.4, 0.5) is 4.39 Å². The van der Waals surface area contributed by atoms with Crippen LogP contribution in [0.1, 0.15) is 11.1 Å². The van der Waals surface area contributed by atoms with Gasteiger partial charge in [-0.15, -0.1) is 0 Å². The molecule has 0 amide bonds. The summed E-state index contributed by atoms with van der Waals surface area (Å²) in [5.74, 6) is 0.327. The highest BCUT2D eigenvalue weighted by Gasteiger charge is 2.07. The molecule has 0 aliphatic heterocycles. The molecule has 0 aliphatic carbocycles. The Hall–Kier alpha value is -2.01. The van der Waals surface area contributed by atoms with Crippen molar-refractivity contribution in [3.63, 3.8) is 0 Å². The molecule has 3 aromatic rings. The van der Waals surface area contributed by atoms with Gasteiger partial charge in [0.2, 0.25) is 0 Å². The zero-order valence-corrected chi connectivity index (χ0v) is 15.8. The van der Waals surface area contributed by atoms with Crippen molar-refractivity contribution in [3.05, 3.63) is 88.7 Å². The van der Waals surface area contributed by atoms with Crippen LogP contribution < -0.4 is 4.74 Å². The van der Waals surface area contributed by atoms with E-state index in [4.69, 9.17) is 20.5 Å². The van der Waals surface area contributed by atoms with E-state index in [1.54, 1.807) is 30.3 Å². The molecule has 134 valence electrons. The van der Waals surface area contributed by atoms with Crippen LogP contribution >= 0.6 is 23.6 Å². The van der Waals surface area contributed by atoms with Gasteiger partial charge in [-0.1, -0.05) is 35.4 Å². The molecule has 0 saturated heterocycles. The smallest absolute Gasteiger partial charge is 0.165 e. The van der Waals surface area contributed by atoms with Crippen LogP contribution in [0.3, 0.4) is 0 Å². The van der Waals surface area contributed by atoms with Gasteiger partial charge in [0.15, 0.2) is 11.6 Å². The van der Waals surface area contributed by atoms with Crippen molar-refractivity contribution < 1.29 is 13.3 Å². The lowest BCUT2D eigenvalue weighted by Gasteiger charge is -2.09. The van der Waals surface area contributed by atoms with Gasteiger partial charge >= 0.3 is 0 Å². The molecule has 26 heavy (non-hydrogen) atoms. The fourth-order valence-electron chi connectivity index (χ4n) is 2.28. The van der Waals surface area contributed by atoms with Crippen molar-refractivity contribution in [2.24, 2.45) is 0 Å². The minimum absolute atomic E-state index is 0.186. The molecule has 0 heterocycles. The van der Waals surface area contributed by atoms with E-state index in [0.717, 1.165) is 10.5 Å². The molecule has 0 atom stereocenters. The van der Waals surface area contributed by atoms with E-state index in [1.165, 1.54) is 23.7 Å². The number of aryl methyl sites for hydroxylation is 1. The lowest BCUT2D eigenvalue weighted by atomic mass is 10.1. The molecule has 0 N–H and O–H groups in total. The topological polar surface area (TPSA) is 18.5 Å². The Kier molecular flexibility index (Phi) is 6.56. The third kappa shape index (κ3) is 5.49. The highest BCUT2D eigenvalue weighted by Crippen LogP contribution is 2.27. The van der Waals surface area contributed by atoms with Gasteiger partial charge in [-0.3, -0.25) is 0 Å². The summed E-state index contributed by atoms with van der Waals surface area (Å²) in [7, 11) is 0. The van der Waals surface area contributed by atoms with Crippen LogP contribution in [0.15, 0.2) is 71.6 Å². The van der Waals surface area contributed by atoms with Crippen molar-refractivity contribution >= 4 is 23.6 Å². The van der Waals surface area contributed by atoms with Gasteiger partial charge in [0.1, 0.15) is 5.75 Å². The van der Waals surface area contributed by atoms with E-state index in [-0.39, 0.29) is 5.75 Å². The standard InChI is InChI=1S/C21H18ClFO2S/c1-15-2-9-19(10-3-15)26-24-13-12-16-4-11-21(20(23)14-16)25-18-7-5-17(22)6-8-18/h2-11,14H,12-13H2,1H3. The lowest BCUT2D eigenvalue weighted by molar-refractivity contribution is 0.378. The molecule has 3 aromatic carbocycles. The van der Waals surface area contributed by atoms with Gasteiger partial charge in [-0.2, -0.15) is 0 Å². The lowest BCUT2D eigenvalue weighted by Crippen LogP contribution is -1.96. The molecule has 0 saturated carbocycles. The van der Waals surface area contributed by atoms with Crippen molar-refractivity contribution in [2.75, 3.05) is 6.61 Å². The predicted molar refractivity (Wildman–Crippen MR) is 105 cm³/mol. The van der Waals surface area contributed by atoms with E-state index >= 15 is 0 Å². The van der Waals surface area contributed by atoms with Gasteiger partial charge in [0.25, 0.3) is 0 Å². The molecular formula is C21H18ClFO2S. The van der Waals surface area contributed by atoms with Crippen LogP contribution in [0.2, 0.25) is 5.02 Å². The molecule has 0 radical (unpaired) electrons. The Morgan fingerprint density at radius 1 is 0.962 bits per heavy atom. The average molecular weight is 389 g/mol. The summed E-state index contributed by atoms with van der Waals surface area (Å²) in [6.07, 6.45) is 0.622. The third-order valence-electron chi connectivity index (χ3n) is 3.69. The zero-order chi connectivity index (χ0) is 18.4. The number of hydrogen-bond donors (Lipinski definition) is 0. The van der Waals surface area contributed by atoms with Gasteiger partial charge in [0.05, 0.1) is 6.61 Å². The molecule has 3 rings (SSSR count). The maximum absolute atomic E-state index is 14.2. The molecule has 0 unspecified atom stereocenters. The monoisotopic (exact) mass is 388 g/mol. The van der Waals surface area contributed by atoms with Crippen molar-refractivity contribution in [1.82, 2.24) is 0 Å². The summed E-state index contributed by atoms with van der Waals surface area (Å²) in [6, 6.07) is 19.9. The second-order valence-electron chi connectivity index (χ2n) is 5.79. The second-order valence-corrected chi connectivity index (χ2v) is 7.10. The molecule has 0 fully saturated rings. The fraction of sp³-hybridized carbons (Fsp3) is 0.143. The average Bonchev–Trinajstić information content (AvgIpc) is 2.64. The van der Waals surface area contributed by atoms with Crippen LogP contribution in [-0.2, 0) is 10.6 Å². The Balaban J connectivity index is 1.50. The number of ether oxygens (including phenoxy) is 1. The number of rotatable bonds is 7. The maximum Gasteiger partial charge on any atom is 0.165 e. The van der Waals surface area contributed by atoms with E-state index in [2.05, 4.69) is 0 Å². The summed E-state index contributed by atoms with van der Waals surface area (Å²) < 4.78 is 25.4. The largest absolute Gasteiger partial charge is 0.454 e. The molecule has 0 aliphatic rings. The Morgan fingerprint density at radius 3 is 2.38 bits per heavy atom. The first-order valence-corrected chi connectivity index (χ1v) is 9.30. The van der Waals surface area contributed by atoms with E-state index in [1.807, 2.05) is 37.3 Å². The number of halogens is 2. The normalized spacial score (nSPS) is 10.7. The molecular weight excluding hydrogens is 371 g/mol. The highest BCUT2D eigenvalue weighted by atomic mass is 35.5. The Bertz CT molecular complexity index is 851. The summed E-state index contributed by atoms with van der Waals surface area (Å²) in [5.41, 5.74) is 2.07. The summed E-state index contributed by atoms with van der Waals surface area (Å²) in [4.78, 5) is 1.05. The maximum atomic E-state index is 14.2. The molecule has 5 heteroatoms. The first kappa shape index (κ1) is 18.8.